The van der Waals surface area contributed by atoms with Crippen LogP contribution in [0.2, 0.25) is 0 Å². The van der Waals surface area contributed by atoms with Crippen molar-refractivity contribution in [1.82, 2.24) is 9.80 Å². The Balaban J connectivity index is 1.50. The Labute approximate surface area is 183 Å². The zero-order valence-electron chi connectivity index (χ0n) is 18.0. The standard InChI is InChI=1S/C26H28N2O3/c1-18(2)8-9-19-10-12-21(13-11-19)26-22-15-27(16-25(31)28(22)23(26)17-29)24(30)14-20-6-4-3-5-7-20/h3-7,10-13,18,22-23,26,29H,14-17H2,1-2H3/t22-,23-,26+/m1/s1. The molecule has 2 fully saturated rings. The van der Waals surface area contributed by atoms with Crippen LogP contribution >= 0.6 is 0 Å². The normalized spacial score (nSPS) is 22.5. The van der Waals surface area contributed by atoms with Crippen LogP contribution < -0.4 is 0 Å². The highest BCUT2D eigenvalue weighted by Crippen LogP contribution is 2.42. The molecule has 0 unspecified atom stereocenters. The second kappa shape index (κ2) is 8.95. The number of carbonyl (C=O) groups excluding carboxylic acids is 2. The maximum Gasteiger partial charge on any atom is 0.242 e. The molecule has 2 aromatic carbocycles. The fourth-order valence-electron chi connectivity index (χ4n) is 4.59. The van der Waals surface area contributed by atoms with Crippen molar-refractivity contribution in [3.05, 3.63) is 71.3 Å². The molecule has 0 spiro atoms. The summed E-state index contributed by atoms with van der Waals surface area (Å²) in [6, 6.07) is 17.3. The first kappa shape index (κ1) is 21.1. The van der Waals surface area contributed by atoms with E-state index < -0.39 is 0 Å². The Morgan fingerprint density at radius 3 is 2.48 bits per heavy atom. The van der Waals surface area contributed by atoms with Crippen LogP contribution in [-0.2, 0) is 16.0 Å². The largest absolute Gasteiger partial charge is 0.394 e. The third-order valence-electron chi connectivity index (χ3n) is 6.10. The molecule has 2 aromatic rings. The van der Waals surface area contributed by atoms with Crippen molar-refractivity contribution >= 4 is 11.8 Å². The van der Waals surface area contributed by atoms with Gasteiger partial charge in [-0.2, -0.15) is 0 Å². The summed E-state index contributed by atoms with van der Waals surface area (Å²) in [5.41, 5.74) is 2.97. The van der Waals surface area contributed by atoms with Gasteiger partial charge in [0.25, 0.3) is 0 Å². The molecular formula is C26H28N2O3. The van der Waals surface area contributed by atoms with Crippen molar-refractivity contribution in [3.8, 4) is 11.8 Å². The lowest BCUT2D eigenvalue weighted by molar-refractivity contribution is -0.166. The molecule has 4 rings (SSSR count). The zero-order chi connectivity index (χ0) is 22.0. The van der Waals surface area contributed by atoms with Crippen molar-refractivity contribution in [2.75, 3.05) is 19.7 Å². The molecule has 160 valence electrons. The molecule has 2 saturated heterocycles. The average molecular weight is 417 g/mol. The van der Waals surface area contributed by atoms with Crippen molar-refractivity contribution in [3.63, 3.8) is 0 Å². The number of hydrogen-bond acceptors (Lipinski definition) is 3. The van der Waals surface area contributed by atoms with Crippen molar-refractivity contribution in [2.45, 2.75) is 38.3 Å². The molecule has 5 heteroatoms. The van der Waals surface area contributed by atoms with E-state index >= 15 is 0 Å². The summed E-state index contributed by atoms with van der Waals surface area (Å²) in [4.78, 5) is 29.1. The summed E-state index contributed by atoms with van der Waals surface area (Å²) in [5, 5.41) is 9.95. The molecular weight excluding hydrogens is 388 g/mol. The Bertz CT molecular complexity index is 1000. The number of fused-ring (bicyclic) bond motifs is 1. The second-order valence-electron chi connectivity index (χ2n) is 8.63. The van der Waals surface area contributed by atoms with Crippen molar-refractivity contribution in [2.24, 2.45) is 5.92 Å². The van der Waals surface area contributed by atoms with Crippen LogP contribution in [0.1, 0.15) is 36.5 Å². The van der Waals surface area contributed by atoms with Gasteiger partial charge in [-0.1, -0.05) is 68.2 Å². The van der Waals surface area contributed by atoms with Gasteiger partial charge in [0, 0.05) is 23.9 Å². The molecule has 2 aliphatic heterocycles. The van der Waals surface area contributed by atoms with Gasteiger partial charge < -0.3 is 14.9 Å². The number of aliphatic hydroxyl groups is 1. The third kappa shape index (κ3) is 4.35. The highest BCUT2D eigenvalue weighted by Gasteiger charge is 2.54. The van der Waals surface area contributed by atoms with E-state index in [1.807, 2.05) is 54.6 Å². The zero-order valence-corrected chi connectivity index (χ0v) is 18.0. The predicted molar refractivity (Wildman–Crippen MR) is 119 cm³/mol. The lowest BCUT2D eigenvalue weighted by Crippen LogP contribution is -2.73. The summed E-state index contributed by atoms with van der Waals surface area (Å²) in [6.07, 6.45) is 0.290. The molecule has 0 radical (unpaired) electrons. The first-order chi connectivity index (χ1) is 15.0. The molecule has 2 heterocycles. The smallest absolute Gasteiger partial charge is 0.242 e. The second-order valence-corrected chi connectivity index (χ2v) is 8.63. The fraction of sp³-hybridized carbons (Fsp3) is 0.385. The Kier molecular flexibility index (Phi) is 6.11. The van der Waals surface area contributed by atoms with Gasteiger partial charge in [-0.25, -0.2) is 0 Å². The molecule has 0 aliphatic carbocycles. The van der Waals surface area contributed by atoms with E-state index in [-0.39, 0.29) is 49.4 Å². The van der Waals surface area contributed by atoms with Gasteiger partial charge in [0.05, 0.1) is 31.7 Å². The molecule has 0 saturated carbocycles. The minimum Gasteiger partial charge on any atom is -0.394 e. The molecule has 3 atom stereocenters. The lowest BCUT2D eigenvalue weighted by Gasteiger charge is -2.58. The van der Waals surface area contributed by atoms with E-state index in [1.165, 1.54) is 0 Å². The summed E-state index contributed by atoms with van der Waals surface area (Å²) in [5.74, 6) is 6.52. The third-order valence-corrected chi connectivity index (χ3v) is 6.10. The SMILES string of the molecule is CC(C)C#Cc1ccc([C@@H]2[C@@H](CO)N3C(=O)CN(C(=O)Cc4ccccc4)C[C@H]23)cc1. The van der Waals surface area contributed by atoms with E-state index in [9.17, 15) is 14.7 Å². The molecule has 5 nitrogen and oxygen atoms in total. The number of aliphatic hydroxyl groups excluding tert-OH is 1. The lowest BCUT2D eigenvalue weighted by atomic mass is 9.73. The number of carbonyl (C=O) groups is 2. The average Bonchev–Trinajstić information content (AvgIpc) is 2.75. The highest BCUT2D eigenvalue weighted by molar-refractivity contribution is 5.88. The summed E-state index contributed by atoms with van der Waals surface area (Å²) < 4.78 is 0. The fourth-order valence-corrected chi connectivity index (χ4v) is 4.59. The van der Waals surface area contributed by atoms with Gasteiger partial charge in [0.2, 0.25) is 11.8 Å². The maximum atomic E-state index is 12.8. The van der Waals surface area contributed by atoms with Crippen LogP contribution in [0.25, 0.3) is 0 Å². The summed E-state index contributed by atoms with van der Waals surface area (Å²) in [6.45, 7) is 4.60. The first-order valence-electron chi connectivity index (χ1n) is 10.8. The monoisotopic (exact) mass is 416 g/mol. The van der Waals surface area contributed by atoms with E-state index in [2.05, 4.69) is 25.7 Å². The number of benzene rings is 2. The van der Waals surface area contributed by atoms with E-state index in [4.69, 9.17) is 0 Å². The molecule has 0 aromatic heterocycles. The number of piperazine rings is 1. The Morgan fingerprint density at radius 2 is 1.84 bits per heavy atom. The van der Waals surface area contributed by atoms with Crippen LogP contribution in [0.3, 0.4) is 0 Å². The van der Waals surface area contributed by atoms with Crippen molar-refractivity contribution in [1.29, 1.82) is 0 Å². The number of hydrogen-bond donors (Lipinski definition) is 1. The van der Waals surface area contributed by atoms with E-state index in [1.54, 1.807) is 9.80 Å². The molecule has 31 heavy (non-hydrogen) atoms. The van der Waals surface area contributed by atoms with Gasteiger partial charge in [-0.05, 0) is 23.3 Å². The first-order valence-corrected chi connectivity index (χ1v) is 10.8. The van der Waals surface area contributed by atoms with E-state index in [0.717, 1.165) is 16.7 Å². The molecule has 1 N–H and O–H groups in total. The molecule has 2 amide bonds. The Hall–Kier alpha value is -3.10. The van der Waals surface area contributed by atoms with Crippen LogP contribution in [0.4, 0.5) is 0 Å². The maximum absolute atomic E-state index is 12.8. The van der Waals surface area contributed by atoms with Gasteiger partial charge >= 0.3 is 0 Å². The number of nitrogens with zero attached hydrogens (tertiary/aromatic N) is 2. The van der Waals surface area contributed by atoms with Crippen LogP contribution in [0.15, 0.2) is 54.6 Å². The number of amides is 2. The Morgan fingerprint density at radius 1 is 1.13 bits per heavy atom. The number of rotatable bonds is 4. The van der Waals surface area contributed by atoms with Gasteiger partial charge in [-0.3, -0.25) is 9.59 Å². The van der Waals surface area contributed by atoms with Gasteiger partial charge in [0.1, 0.15) is 0 Å². The topological polar surface area (TPSA) is 60.9 Å². The summed E-state index contributed by atoms with van der Waals surface area (Å²) >= 11 is 0. The van der Waals surface area contributed by atoms with Gasteiger partial charge in [-0.15, -0.1) is 0 Å². The van der Waals surface area contributed by atoms with Crippen LogP contribution in [0, 0.1) is 17.8 Å². The highest BCUT2D eigenvalue weighted by atomic mass is 16.3. The van der Waals surface area contributed by atoms with E-state index in [0.29, 0.717) is 12.5 Å². The van der Waals surface area contributed by atoms with Crippen LogP contribution in [0.5, 0.6) is 0 Å². The predicted octanol–water partition coefficient (Wildman–Crippen LogP) is 2.43. The summed E-state index contributed by atoms with van der Waals surface area (Å²) in [7, 11) is 0. The van der Waals surface area contributed by atoms with Crippen LogP contribution in [-0.4, -0.2) is 58.5 Å². The van der Waals surface area contributed by atoms with Crippen molar-refractivity contribution < 1.29 is 14.7 Å². The minimum atomic E-state index is -0.239. The van der Waals surface area contributed by atoms with Gasteiger partial charge in [0.15, 0.2) is 0 Å². The molecule has 2 aliphatic rings. The quantitative estimate of drug-likeness (QED) is 0.779. The minimum absolute atomic E-state index is 0.00776. The molecule has 0 bridgehead atoms.